The number of likely N-dealkylation sites (tertiary alicyclic amines) is 1. The number of anilines is 1. The lowest BCUT2D eigenvalue weighted by Gasteiger charge is -2.33. The van der Waals surface area contributed by atoms with Gasteiger partial charge < -0.3 is 16.0 Å². The summed E-state index contributed by atoms with van der Waals surface area (Å²) in [6.45, 7) is 0.691. The Labute approximate surface area is 159 Å². The van der Waals surface area contributed by atoms with Crippen molar-refractivity contribution in [2.24, 2.45) is 5.73 Å². The first kappa shape index (κ1) is 19.6. The van der Waals surface area contributed by atoms with Gasteiger partial charge in [0.15, 0.2) is 0 Å². The van der Waals surface area contributed by atoms with Gasteiger partial charge in [-0.1, -0.05) is 18.9 Å². The number of amides is 3. The molecule has 1 saturated heterocycles. The molecule has 1 heterocycles. The number of piperidine rings is 1. The molecule has 3 amide bonds. The summed E-state index contributed by atoms with van der Waals surface area (Å²) in [7, 11) is -3.46. The number of urea groups is 1. The summed E-state index contributed by atoms with van der Waals surface area (Å²) >= 11 is 0. The Morgan fingerprint density at radius 2 is 1.85 bits per heavy atom. The van der Waals surface area contributed by atoms with Crippen molar-refractivity contribution >= 4 is 27.6 Å². The highest BCUT2D eigenvalue weighted by molar-refractivity contribution is 7.90. The summed E-state index contributed by atoms with van der Waals surface area (Å²) in [5.41, 5.74) is 5.93. The number of nitrogens with zero attached hydrogens (tertiary/aromatic N) is 1. The fraction of sp³-hybridized carbons (Fsp3) is 0.556. The van der Waals surface area contributed by atoms with Crippen LogP contribution in [0, 0.1) is 0 Å². The van der Waals surface area contributed by atoms with E-state index in [1.165, 1.54) is 0 Å². The fourth-order valence-corrected chi connectivity index (χ4v) is 5.55. The van der Waals surface area contributed by atoms with E-state index in [0.29, 0.717) is 30.6 Å². The van der Waals surface area contributed by atoms with Crippen LogP contribution in [0.5, 0.6) is 0 Å². The molecule has 3 rings (SSSR count). The molecule has 8 nitrogen and oxygen atoms in total. The molecule has 1 aliphatic carbocycles. The van der Waals surface area contributed by atoms with Crippen molar-refractivity contribution in [2.75, 3.05) is 18.4 Å². The Morgan fingerprint density at radius 3 is 2.56 bits per heavy atom. The molecule has 4 N–H and O–H groups in total. The summed E-state index contributed by atoms with van der Waals surface area (Å²) in [6.07, 6.45) is 5.06. The Balaban J connectivity index is 1.68. The monoisotopic (exact) mass is 394 g/mol. The number of nitrogens with one attached hydrogen (secondary N) is 2. The molecular weight excluding hydrogens is 368 g/mol. The van der Waals surface area contributed by atoms with Crippen molar-refractivity contribution in [2.45, 2.75) is 49.8 Å². The van der Waals surface area contributed by atoms with E-state index in [4.69, 9.17) is 5.73 Å². The predicted molar refractivity (Wildman–Crippen MR) is 103 cm³/mol. The molecule has 9 heteroatoms. The average Bonchev–Trinajstić information content (AvgIpc) is 3.13. The molecule has 1 aromatic rings. The molecule has 0 unspecified atom stereocenters. The van der Waals surface area contributed by atoms with Gasteiger partial charge in [0, 0.05) is 30.4 Å². The normalized spacial score (nSPS) is 21.2. The third-order valence-electron chi connectivity index (χ3n) is 5.17. The van der Waals surface area contributed by atoms with E-state index in [2.05, 4.69) is 10.0 Å². The van der Waals surface area contributed by atoms with E-state index in [-0.39, 0.29) is 18.5 Å². The number of sulfonamides is 1. The second-order valence-electron chi connectivity index (χ2n) is 7.23. The maximum atomic E-state index is 12.8. The van der Waals surface area contributed by atoms with Crippen molar-refractivity contribution < 1.29 is 18.0 Å². The number of hydrogen-bond donors (Lipinski definition) is 3. The number of carbonyl (C=O) groups excluding carboxylic acids is 2. The molecule has 1 aliphatic heterocycles. The molecule has 2 aliphatic rings. The molecule has 0 radical (unpaired) electrons. The van der Waals surface area contributed by atoms with Crippen LogP contribution < -0.4 is 15.8 Å². The van der Waals surface area contributed by atoms with Gasteiger partial charge in [0.25, 0.3) is 5.91 Å². The average molecular weight is 394 g/mol. The number of nitrogens with two attached hydrogens (primary N) is 1. The van der Waals surface area contributed by atoms with Crippen molar-refractivity contribution in [3.8, 4) is 0 Å². The predicted octanol–water partition coefficient (Wildman–Crippen LogP) is 1.64. The van der Waals surface area contributed by atoms with Gasteiger partial charge in [-0.05, 0) is 43.9 Å². The van der Waals surface area contributed by atoms with Crippen molar-refractivity contribution in [1.82, 2.24) is 9.62 Å². The first-order valence-corrected chi connectivity index (χ1v) is 10.9. The quantitative estimate of drug-likeness (QED) is 0.703. The lowest BCUT2D eigenvalue weighted by molar-refractivity contribution is 0.0726. The topological polar surface area (TPSA) is 122 Å². The Bertz CT molecular complexity index is 805. The van der Waals surface area contributed by atoms with E-state index in [0.717, 1.165) is 25.7 Å². The molecule has 0 bridgehead atoms. The summed E-state index contributed by atoms with van der Waals surface area (Å²) in [5.74, 6) is -0.246. The molecule has 0 spiro atoms. The number of rotatable bonds is 5. The first-order valence-electron chi connectivity index (χ1n) is 9.32. The summed E-state index contributed by atoms with van der Waals surface area (Å²) in [4.78, 5) is 25.4. The number of benzene rings is 1. The van der Waals surface area contributed by atoms with Gasteiger partial charge in [0.2, 0.25) is 10.0 Å². The van der Waals surface area contributed by atoms with Crippen LogP contribution in [0.3, 0.4) is 0 Å². The van der Waals surface area contributed by atoms with E-state index in [1.807, 2.05) is 0 Å². The van der Waals surface area contributed by atoms with Gasteiger partial charge in [-0.3, -0.25) is 4.79 Å². The summed E-state index contributed by atoms with van der Waals surface area (Å²) < 4.78 is 28.3. The number of carbonyl (C=O) groups is 2. The smallest absolute Gasteiger partial charge is 0.316 e. The minimum atomic E-state index is -3.46. The highest BCUT2D eigenvalue weighted by Gasteiger charge is 2.34. The van der Waals surface area contributed by atoms with E-state index in [1.54, 1.807) is 29.2 Å². The van der Waals surface area contributed by atoms with Crippen LogP contribution in [0.4, 0.5) is 10.5 Å². The summed E-state index contributed by atoms with van der Waals surface area (Å²) in [6, 6.07) is 5.79. The third kappa shape index (κ3) is 4.98. The Morgan fingerprint density at radius 1 is 1.11 bits per heavy atom. The Hall–Kier alpha value is -2.13. The zero-order chi connectivity index (χ0) is 19.4. The van der Waals surface area contributed by atoms with Gasteiger partial charge in [-0.2, -0.15) is 0 Å². The Kier molecular flexibility index (Phi) is 6.01. The molecule has 2 fully saturated rings. The first-order chi connectivity index (χ1) is 12.8. The largest absolute Gasteiger partial charge is 0.351 e. The minimum Gasteiger partial charge on any atom is -0.351 e. The highest BCUT2D eigenvalue weighted by atomic mass is 32.2. The van der Waals surface area contributed by atoms with E-state index >= 15 is 0 Å². The van der Waals surface area contributed by atoms with Gasteiger partial charge in [0.05, 0.1) is 5.25 Å². The van der Waals surface area contributed by atoms with Gasteiger partial charge in [-0.15, -0.1) is 0 Å². The number of primary amides is 1. The fourth-order valence-electron chi connectivity index (χ4n) is 3.80. The third-order valence-corrected chi connectivity index (χ3v) is 7.09. The van der Waals surface area contributed by atoms with Crippen LogP contribution in [0.2, 0.25) is 0 Å². The zero-order valence-corrected chi connectivity index (χ0v) is 16.0. The van der Waals surface area contributed by atoms with Crippen molar-refractivity contribution in [3.05, 3.63) is 29.8 Å². The van der Waals surface area contributed by atoms with Gasteiger partial charge in [-0.25, -0.2) is 17.9 Å². The van der Waals surface area contributed by atoms with Crippen LogP contribution in [0.1, 0.15) is 48.9 Å². The zero-order valence-electron chi connectivity index (χ0n) is 15.2. The molecular formula is C18H26N4O4S. The lowest BCUT2D eigenvalue weighted by Crippen LogP contribution is -2.49. The lowest BCUT2D eigenvalue weighted by atomic mass is 10.1. The second kappa shape index (κ2) is 8.26. The van der Waals surface area contributed by atoms with Crippen LogP contribution in [-0.4, -0.2) is 49.6 Å². The van der Waals surface area contributed by atoms with Crippen LogP contribution in [-0.2, 0) is 10.0 Å². The van der Waals surface area contributed by atoms with Crippen LogP contribution in [0.25, 0.3) is 0 Å². The molecule has 1 aromatic carbocycles. The van der Waals surface area contributed by atoms with Crippen molar-refractivity contribution in [1.29, 1.82) is 0 Å². The minimum absolute atomic E-state index is 0.0256. The van der Waals surface area contributed by atoms with Crippen molar-refractivity contribution in [3.63, 3.8) is 0 Å². The molecule has 0 aromatic heterocycles. The number of hydrogen-bond acceptors (Lipinski definition) is 4. The standard InChI is InChI=1S/C18H26N4O4S/c19-18(24)20-15-8-3-5-13(11-15)17(23)22-10-4-9-16(12-22)27(25,26)21-14-6-1-2-7-14/h3,5,8,11,14,16,21H,1-2,4,6-7,9-10,12H2,(H3,19,20,24)/t16-/m1/s1. The molecule has 1 saturated carbocycles. The molecule has 148 valence electrons. The molecule has 1 atom stereocenters. The van der Waals surface area contributed by atoms with Crippen LogP contribution in [0.15, 0.2) is 24.3 Å². The second-order valence-corrected chi connectivity index (χ2v) is 9.22. The van der Waals surface area contributed by atoms with E-state index in [9.17, 15) is 18.0 Å². The van der Waals surface area contributed by atoms with Crippen LogP contribution >= 0.6 is 0 Å². The maximum absolute atomic E-state index is 12.8. The van der Waals surface area contributed by atoms with Gasteiger partial charge >= 0.3 is 6.03 Å². The molecule has 27 heavy (non-hydrogen) atoms. The summed E-state index contributed by atoms with van der Waals surface area (Å²) in [5, 5.41) is 1.84. The highest BCUT2D eigenvalue weighted by Crippen LogP contribution is 2.23. The van der Waals surface area contributed by atoms with E-state index < -0.39 is 21.3 Å². The maximum Gasteiger partial charge on any atom is 0.316 e. The van der Waals surface area contributed by atoms with Gasteiger partial charge in [0.1, 0.15) is 0 Å². The SMILES string of the molecule is NC(=O)Nc1cccc(C(=O)N2CCC[C@@H](S(=O)(=O)NC3CCCC3)C2)c1.